The van der Waals surface area contributed by atoms with E-state index in [1.807, 2.05) is 27.7 Å². The standard InChI is InChI=1S/C10H21NO2.ClH/c1-7(2)5-10(12)9(11)6-13-8(3)4;/h7-9H,5-6,11H2,1-4H3;1H/p-1. The fourth-order valence-corrected chi connectivity index (χ4v) is 0.943. The van der Waals surface area contributed by atoms with Crippen LogP contribution in [-0.4, -0.2) is 24.5 Å². The van der Waals surface area contributed by atoms with Crippen LogP contribution in [0.3, 0.4) is 0 Å². The molecule has 4 heteroatoms. The number of nitrogens with two attached hydrogens (primary N) is 1. The minimum Gasteiger partial charge on any atom is -1.00 e. The lowest BCUT2D eigenvalue weighted by Gasteiger charge is -2.14. The topological polar surface area (TPSA) is 52.3 Å². The molecule has 0 saturated carbocycles. The van der Waals surface area contributed by atoms with E-state index in [1.54, 1.807) is 0 Å². The molecule has 3 nitrogen and oxygen atoms in total. The molecule has 1 unspecified atom stereocenters. The molecule has 0 rings (SSSR count). The quantitative estimate of drug-likeness (QED) is 0.587. The Morgan fingerprint density at radius 2 is 1.79 bits per heavy atom. The summed E-state index contributed by atoms with van der Waals surface area (Å²) in [6, 6.07) is -0.454. The first-order valence-corrected chi connectivity index (χ1v) is 4.83. The van der Waals surface area contributed by atoms with Crippen molar-refractivity contribution >= 4 is 5.78 Å². The Morgan fingerprint density at radius 1 is 1.29 bits per heavy atom. The Balaban J connectivity index is 0. The largest absolute Gasteiger partial charge is 1.00 e. The SMILES string of the molecule is CC(C)CC(=O)C(N)COC(C)C.[Cl-]. The van der Waals surface area contributed by atoms with Gasteiger partial charge in [-0.2, -0.15) is 0 Å². The van der Waals surface area contributed by atoms with Crippen LogP contribution in [0.5, 0.6) is 0 Å². The van der Waals surface area contributed by atoms with Crippen molar-refractivity contribution in [3.63, 3.8) is 0 Å². The zero-order chi connectivity index (χ0) is 10.4. The molecule has 86 valence electrons. The molecule has 0 aliphatic carbocycles. The van der Waals surface area contributed by atoms with Crippen molar-refractivity contribution < 1.29 is 21.9 Å². The Labute approximate surface area is 92.8 Å². The zero-order valence-corrected chi connectivity index (χ0v) is 10.2. The summed E-state index contributed by atoms with van der Waals surface area (Å²) in [6.45, 7) is 8.21. The average molecular weight is 223 g/mol. The molecule has 0 fully saturated rings. The van der Waals surface area contributed by atoms with Crippen molar-refractivity contribution in [3.05, 3.63) is 0 Å². The van der Waals surface area contributed by atoms with E-state index in [9.17, 15) is 4.79 Å². The first-order chi connectivity index (χ1) is 5.93. The first-order valence-electron chi connectivity index (χ1n) is 4.83. The van der Waals surface area contributed by atoms with Gasteiger partial charge in [-0.25, -0.2) is 0 Å². The minimum atomic E-state index is -0.454. The van der Waals surface area contributed by atoms with Gasteiger partial charge >= 0.3 is 0 Å². The van der Waals surface area contributed by atoms with E-state index in [2.05, 4.69) is 0 Å². The van der Waals surface area contributed by atoms with Crippen LogP contribution >= 0.6 is 0 Å². The number of halogens is 1. The molecule has 14 heavy (non-hydrogen) atoms. The van der Waals surface area contributed by atoms with Gasteiger partial charge in [-0.15, -0.1) is 0 Å². The number of ether oxygens (including phenoxy) is 1. The highest BCUT2D eigenvalue weighted by molar-refractivity contribution is 5.84. The van der Waals surface area contributed by atoms with E-state index in [1.165, 1.54) is 0 Å². The maximum absolute atomic E-state index is 11.4. The summed E-state index contributed by atoms with van der Waals surface area (Å²) in [5, 5.41) is 0. The predicted molar refractivity (Wildman–Crippen MR) is 53.5 cm³/mol. The van der Waals surface area contributed by atoms with Crippen molar-refractivity contribution in [2.75, 3.05) is 6.61 Å². The van der Waals surface area contributed by atoms with Gasteiger partial charge in [0, 0.05) is 6.42 Å². The molecular weight excluding hydrogens is 202 g/mol. The van der Waals surface area contributed by atoms with Crippen molar-refractivity contribution in [1.29, 1.82) is 0 Å². The average Bonchev–Trinajstić information content (AvgIpc) is 1.98. The van der Waals surface area contributed by atoms with Crippen LogP contribution in [0.1, 0.15) is 34.1 Å². The monoisotopic (exact) mass is 222 g/mol. The second-order valence-electron chi connectivity index (χ2n) is 4.05. The van der Waals surface area contributed by atoms with E-state index in [0.717, 1.165) is 0 Å². The Hall–Kier alpha value is -0.120. The number of rotatable bonds is 6. The fourth-order valence-electron chi connectivity index (χ4n) is 0.943. The van der Waals surface area contributed by atoms with Crippen LogP contribution in [0.2, 0.25) is 0 Å². The van der Waals surface area contributed by atoms with Crippen molar-refractivity contribution in [3.8, 4) is 0 Å². The smallest absolute Gasteiger partial charge is 0.152 e. The second-order valence-corrected chi connectivity index (χ2v) is 4.05. The molecule has 0 radical (unpaired) electrons. The lowest BCUT2D eigenvalue weighted by Crippen LogP contribution is -3.00. The van der Waals surface area contributed by atoms with Gasteiger partial charge in [0.2, 0.25) is 0 Å². The van der Waals surface area contributed by atoms with Gasteiger partial charge in [0.15, 0.2) is 5.78 Å². The lowest BCUT2D eigenvalue weighted by molar-refractivity contribution is -0.122. The molecule has 1 atom stereocenters. The molecule has 0 aromatic heterocycles. The highest BCUT2D eigenvalue weighted by Gasteiger charge is 2.15. The molecule has 0 aromatic carbocycles. The van der Waals surface area contributed by atoms with E-state index in [4.69, 9.17) is 10.5 Å². The summed E-state index contributed by atoms with van der Waals surface area (Å²) < 4.78 is 5.26. The molecule has 0 saturated heterocycles. The third-order valence-corrected chi connectivity index (χ3v) is 1.63. The van der Waals surface area contributed by atoms with Crippen LogP contribution in [0.4, 0.5) is 0 Å². The van der Waals surface area contributed by atoms with Gasteiger partial charge in [-0.1, -0.05) is 13.8 Å². The highest BCUT2D eigenvalue weighted by Crippen LogP contribution is 2.02. The number of hydrogen-bond acceptors (Lipinski definition) is 3. The summed E-state index contributed by atoms with van der Waals surface area (Å²) in [6.07, 6.45) is 0.681. The van der Waals surface area contributed by atoms with Crippen molar-refractivity contribution in [1.82, 2.24) is 0 Å². The van der Waals surface area contributed by atoms with Gasteiger partial charge in [-0.05, 0) is 19.8 Å². The van der Waals surface area contributed by atoms with E-state index in [0.29, 0.717) is 18.9 Å². The Bertz CT molecular complexity index is 160. The Morgan fingerprint density at radius 3 is 2.14 bits per heavy atom. The molecule has 2 N–H and O–H groups in total. The van der Waals surface area contributed by atoms with Crippen LogP contribution in [0.15, 0.2) is 0 Å². The predicted octanol–water partition coefficient (Wildman–Crippen LogP) is -1.64. The third-order valence-electron chi connectivity index (χ3n) is 1.63. The number of carbonyl (C=O) groups excluding carboxylic acids is 1. The zero-order valence-electron chi connectivity index (χ0n) is 9.42. The molecule has 0 aromatic rings. The van der Waals surface area contributed by atoms with E-state index in [-0.39, 0.29) is 24.3 Å². The molecule has 0 heterocycles. The third kappa shape index (κ3) is 8.48. The van der Waals surface area contributed by atoms with Gasteiger partial charge < -0.3 is 22.9 Å². The van der Waals surface area contributed by atoms with Gasteiger partial charge in [-0.3, -0.25) is 4.79 Å². The summed E-state index contributed by atoms with van der Waals surface area (Å²) in [7, 11) is 0. The minimum absolute atomic E-state index is 0. The van der Waals surface area contributed by atoms with E-state index < -0.39 is 6.04 Å². The van der Waals surface area contributed by atoms with E-state index >= 15 is 0 Å². The molecular formula is C10H21ClNO2-. The maximum atomic E-state index is 11.4. The van der Waals surface area contributed by atoms with Crippen LogP contribution in [-0.2, 0) is 9.53 Å². The van der Waals surface area contributed by atoms with Crippen molar-refractivity contribution in [2.45, 2.75) is 46.3 Å². The second kappa shape index (κ2) is 8.21. The maximum Gasteiger partial charge on any atom is 0.152 e. The molecule has 0 aliphatic rings. The number of hydrogen-bond donors (Lipinski definition) is 1. The molecule has 0 amide bonds. The van der Waals surface area contributed by atoms with Crippen molar-refractivity contribution in [2.24, 2.45) is 11.7 Å². The molecule has 0 spiro atoms. The summed E-state index contributed by atoms with van der Waals surface area (Å²) in [5.74, 6) is 0.466. The van der Waals surface area contributed by atoms with Crippen LogP contribution in [0.25, 0.3) is 0 Å². The summed E-state index contributed by atoms with van der Waals surface area (Å²) in [4.78, 5) is 11.4. The van der Waals surface area contributed by atoms with Crippen LogP contribution in [0, 0.1) is 5.92 Å². The fraction of sp³-hybridized carbons (Fsp3) is 0.900. The first kappa shape index (κ1) is 16.3. The molecule has 0 aliphatic heterocycles. The number of carbonyl (C=O) groups is 1. The number of Topliss-reactive ketones (excluding diaryl/α,β-unsaturated/α-hetero) is 1. The van der Waals surface area contributed by atoms with Gasteiger partial charge in [0.25, 0.3) is 0 Å². The van der Waals surface area contributed by atoms with Crippen LogP contribution < -0.4 is 18.1 Å². The Kier molecular flexibility index (Phi) is 9.57. The normalized spacial score (nSPS) is 12.8. The summed E-state index contributed by atoms with van der Waals surface area (Å²) >= 11 is 0. The highest BCUT2D eigenvalue weighted by atomic mass is 35.5. The molecule has 0 bridgehead atoms. The van der Waals surface area contributed by atoms with Gasteiger partial charge in [0.1, 0.15) is 0 Å². The number of ketones is 1. The summed E-state index contributed by atoms with van der Waals surface area (Å²) in [5.41, 5.74) is 5.64. The lowest BCUT2D eigenvalue weighted by atomic mass is 10.0. The van der Waals surface area contributed by atoms with Gasteiger partial charge in [0.05, 0.1) is 18.8 Å².